The second-order valence-corrected chi connectivity index (χ2v) is 7.81. The molecule has 0 spiro atoms. The molecule has 0 atom stereocenters. The first-order chi connectivity index (χ1) is 11.2. The van der Waals surface area contributed by atoms with Crippen LogP contribution >= 0.6 is 0 Å². The van der Waals surface area contributed by atoms with Gasteiger partial charge in [-0.1, -0.05) is 12.1 Å². The maximum absolute atomic E-state index is 14.4. The molecule has 6 heteroatoms. The van der Waals surface area contributed by atoms with Crippen molar-refractivity contribution in [1.82, 2.24) is 5.32 Å². The molecule has 1 aliphatic carbocycles. The van der Waals surface area contributed by atoms with Crippen molar-refractivity contribution in [2.24, 2.45) is 0 Å². The van der Waals surface area contributed by atoms with Crippen LogP contribution in [0.5, 0.6) is 0 Å². The highest BCUT2D eigenvalue weighted by Gasteiger charge is 2.51. The van der Waals surface area contributed by atoms with Gasteiger partial charge in [-0.15, -0.1) is 0 Å². The van der Waals surface area contributed by atoms with Gasteiger partial charge in [0.25, 0.3) is 0 Å². The standard InChI is InChI=1S/C18H25BFNO3/c1-17(2)18(3,4)24-19(23-17)13-9-8-12(15(20)11-13)10-16(22)21-14-6-5-7-14/h8-9,11,14H,5-7,10H2,1-4H3,(H,21,22). The minimum atomic E-state index is -0.595. The van der Waals surface area contributed by atoms with Gasteiger partial charge in [-0.25, -0.2) is 4.39 Å². The molecule has 2 aliphatic rings. The van der Waals surface area contributed by atoms with Crippen molar-refractivity contribution in [3.8, 4) is 0 Å². The number of nitrogens with one attached hydrogen (secondary N) is 1. The Hall–Kier alpha value is -1.40. The van der Waals surface area contributed by atoms with E-state index < -0.39 is 24.1 Å². The third kappa shape index (κ3) is 3.35. The summed E-state index contributed by atoms with van der Waals surface area (Å²) in [5.74, 6) is -0.520. The lowest BCUT2D eigenvalue weighted by Gasteiger charge is -2.32. The summed E-state index contributed by atoms with van der Waals surface area (Å²) in [5.41, 5.74) is 0.103. The molecule has 1 saturated carbocycles. The Morgan fingerprint density at radius 3 is 2.38 bits per heavy atom. The van der Waals surface area contributed by atoms with Crippen LogP contribution < -0.4 is 10.8 Å². The average Bonchev–Trinajstić information content (AvgIpc) is 2.65. The molecule has 0 bridgehead atoms. The van der Waals surface area contributed by atoms with Crippen molar-refractivity contribution in [3.05, 3.63) is 29.6 Å². The summed E-state index contributed by atoms with van der Waals surface area (Å²) in [4.78, 5) is 12.0. The first-order valence-electron chi connectivity index (χ1n) is 8.61. The van der Waals surface area contributed by atoms with E-state index in [4.69, 9.17) is 9.31 Å². The molecular weight excluding hydrogens is 308 g/mol. The molecule has 1 saturated heterocycles. The quantitative estimate of drug-likeness (QED) is 0.861. The summed E-state index contributed by atoms with van der Waals surface area (Å²) in [6, 6.07) is 5.10. The molecule has 1 heterocycles. The molecule has 130 valence electrons. The highest BCUT2D eigenvalue weighted by atomic mass is 19.1. The minimum absolute atomic E-state index is 0.0615. The Labute approximate surface area is 143 Å². The van der Waals surface area contributed by atoms with E-state index in [-0.39, 0.29) is 18.4 Å². The van der Waals surface area contributed by atoms with Crippen molar-refractivity contribution >= 4 is 18.5 Å². The van der Waals surface area contributed by atoms with Crippen LogP contribution in [-0.2, 0) is 20.5 Å². The van der Waals surface area contributed by atoms with Crippen molar-refractivity contribution in [3.63, 3.8) is 0 Å². The summed E-state index contributed by atoms with van der Waals surface area (Å²) in [7, 11) is -0.595. The largest absolute Gasteiger partial charge is 0.494 e. The summed E-state index contributed by atoms with van der Waals surface area (Å²) in [5, 5.41) is 2.93. The van der Waals surface area contributed by atoms with Crippen molar-refractivity contribution < 1.29 is 18.5 Å². The van der Waals surface area contributed by atoms with Crippen LogP contribution in [-0.4, -0.2) is 30.3 Å². The number of hydrogen-bond acceptors (Lipinski definition) is 3. The van der Waals surface area contributed by atoms with Crippen LogP contribution in [0.3, 0.4) is 0 Å². The van der Waals surface area contributed by atoms with E-state index in [0.717, 1.165) is 19.3 Å². The molecular formula is C18H25BFNO3. The molecule has 2 fully saturated rings. The lowest BCUT2D eigenvalue weighted by molar-refractivity contribution is -0.121. The highest BCUT2D eigenvalue weighted by Crippen LogP contribution is 2.36. The Balaban J connectivity index is 1.67. The second-order valence-electron chi connectivity index (χ2n) is 7.81. The Kier molecular flexibility index (Phi) is 4.47. The number of carbonyl (C=O) groups is 1. The molecule has 0 aromatic heterocycles. The first-order valence-corrected chi connectivity index (χ1v) is 8.61. The van der Waals surface area contributed by atoms with Crippen molar-refractivity contribution in [2.45, 2.75) is 70.6 Å². The third-order valence-corrected chi connectivity index (χ3v) is 5.42. The zero-order chi connectivity index (χ0) is 17.5. The monoisotopic (exact) mass is 333 g/mol. The maximum atomic E-state index is 14.4. The Bertz CT molecular complexity index is 627. The van der Waals surface area contributed by atoms with Crippen molar-refractivity contribution in [1.29, 1.82) is 0 Å². The molecule has 0 unspecified atom stereocenters. The van der Waals surface area contributed by atoms with E-state index in [2.05, 4.69) is 5.32 Å². The van der Waals surface area contributed by atoms with E-state index in [1.165, 1.54) is 6.07 Å². The van der Waals surface area contributed by atoms with Gasteiger partial charge >= 0.3 is 7.12 Å². The van der Waals surface area contributed by atoms with Crippen LogP contribution in [0, 0.1) is 5.82 Å². The zero-order valence-electron chi connectivity index (χ0n) is 14.8. The maximum Gasteiger partial charge on any atom is 0.494 e. The van der Waals surface area contributed by atoms with Gasteiger partial charge in [-0.05, 0) is 64.1 Å². The fraction of sp³-hybridized carbons (Fsp3) is 0.611. The molecule has 1 N–H and O–H groups in total. The molecule has 1 aromatic rings. The number of hydrogen-bond donors (Lipinski definition) is 1. The predicted molar refractivity (Wildman–Crippen MR) is 91.6 cm³/mol. The normalized spacial score (nSPS) is 22.3. The highest BCUT2D eigenvalue weighted by molar-refractivity contribution is 6.62. The van der Waals surface area contributed by atoms with Gasteiger partial charge in [0.05, 0.1) is 17.6 Å². The number of halogens is 1. The number of benzene rings is 1. The fourth-order valence-corrected chi connectivity index (χ4v) is 2.84. The zero-order valence-corrected chi connectivity index (χ0v) is 14.8. The molecule has 4 nitrogen and oxygen atoms in total. The summed E-state index contributed by atoms with van der Waals surface area (Å²) >= 11 is 0. The van der Waals surface area contributed by atoms with E-state index in [1.807, 2.05) is 27.7 Å². The molecule has 3 rings (SSSR count). The summed E-state index contributed by atoms with van der Waals surface area (Å²) in [6.45, 7) is 7.84. The molecule has 1 aliphatic heterocycles. The van der Waals surface area contributed by atoms with E-state index >= 15 is 0 Å². The number of amides is 1. The van der Waals surface area contributed by atoms with Gasteiger partial charge < -0.3 is 14.6 Å². The van der Waals surface area contributed by atoms with E-state index in [1.54, 1.807) is 12.1 Å². The average molecular weight is 333 g/mol. The summed E-state index contributed by atoms with van der Waals surface area (Å²) < 4.78 is 26.3. The van der Waals surface area contributed by atoms with Gasteiger partial charge in [0, 0.05) is 6.04 Å². The van der Waals surface area contributed by atoms with Crippen LogP contribution in [0.4, 0.5) is 4.39 Å². The second kappa shape index (κ2) is 6.15. The van der Waals surface area contributed by atoms with Crippen molar-refractivity contribution in [2.75, 3.05) is 0 Å². The van der Waals surface area contributed by atoms with Gasteiger partial charge in [0.1, 0.15) is 5.82 Å². The van der Waals surface area contributed by atoms with Gasteiger partial charge in [0.2, 0.25) is 5.91 Å². The fourth-order valence-electron chi connectivity index (χ4n) is 2.84. The van der Waals surface area contributed by atoms with Gasteiger partial charge in [-0.2, -0.15) is 0 Å². The third-order valence-electron chi connectivity index (χ3n) is 5.42. The molecule has 0 radical (unpaired) electrons. The van der Waals surface area contributed by atoms with E-state index in [0.29, 0.717) is 11.0 Å². The van der Waals surface area contributed by atoms with Crippen LogP contribution in [0.1, 0.15) is 52.5 Å². The van der Waals surface area contributed by atoms with E-state index in [9.17, 15) is 9.18 Å². The Morgan fingerprint density at radius 2 is 1.88 bits per heavy atom. The SMILES string of the molecule is CC1(C)OB(c2ccc(CC(=O)NC3CCC3)c(F)c2)OC1(C)C. The topological polar surface area (TPSA) is 47.6 Å². The van der Waals surface area contributed by atoms with Crippen LogP contribution in [0.15, 0.2) is 18.2 Å². The van der Waals surface area contributed by atoms with Gasteiger partial charge in [-0.3, -0.25) is 4.79 Å². The van der Waals surface area contributed by atoms with Crippen LogP contribution in [0.2, 0.25) is 0 Å². The molecule has 1 aromatic carbocycles. The molecule has 24 heavy (non-hydrogen) atoms. The van der Waals surface area contributed by atoms with Crippen LogP contribution in [0.25, 0.3) is 0 Å². The Morgan fingerprint density at radius 1 is 1.25 bits per heavy atom. The summed E-state index contributed by atoms with van der Waals surface area (Å²) in [6.07, 6.45) is 3.26. The minimum Gasteiger partial charge on any atom is -0.399 e. The number of rotatable bonds is 4. The lowest BCUT2D eigenvalue weighted by atomic mass is 9.78. The number of carbonyl (C=O) groups excluding carboxylic acids is 1. The predicted octanol–water partition coefficient (Wildman–Crippen LogP) is 2.34. The lowest BCUT2D eigenvalue weighted by Crippen LogP contribution is -2.41. The first kappa shape index (κ1) is 17.4. The van der Waals surface area contributed by atoms with Gasteiger partial charge in [0.15, 0.2) is 0 Å². The smallest absolute Gasteiger partial charge is 0.399 e. The molecule has 1 amide bonds.